The van der Waals surface area contributed by atoms with Crippen LogP contribution in [0.2, 0.25) is 0 Å². The number of fused-ring (bicyclic) bond motifs is 5. The maximum Gasteiger partial charge on any atom is 0.161 e. The van der Waals surface area contributed by atoms with Gasteiger partial charge in [0.05, 0.1) is 31.5 Å². The summed E-state index contributed by atoms with van der Waals surface area (Å²) in [5.41, 5.74) is 13.1. The van der Waals surface area contributed by atoms with E-state index in [9.17, 15) is 25.5 Å². The number of aliphatic hydroxyl groups excluding tert-OH is 4. The maximum atomic E-state index is 12.2. The van der Waals surface area contributed by atoms with Gasteiger partial charge in [-0.2, -0.15) is 0 Å². The fourth-order valence-corrected chi connectivity index (χ4v) is 12.2. The zero-order valence-corrected chi connectivity index (χ0v) is 34.7. The molecule has 1 aromatic heterocycles. The van der Waals surface area contributed by atoms with Crippen molar-refractivity contribution in [2.24, 2.45) is 35.3 Å². The van der Waals surface area contributed by atoms with Crippen molar-refractivity contribution >= 4 is 21.6 Å². The molecule has 0 saturated carbocycles. The van der Waals surface area contributed by atoms with Crippen LogP contribution >= 0.6 is 21.6 Å². The van der Waals surface area contributed by atoms with Gasteiger partial charge in [0.2, 0.25) is 0 Å². The second kappa shape index (κ2) is 19.8. The van der Waals surface area contributed by atoms with Gasteiger partial charge in [0.1, 0.15) is 11.9 Å². The quantitative estimate of drug-likeness (QED) is 0.0885. The topological polar surface area (TPSA) is 173 Å². The predicted octanol–water partition coefficient (Wildman–Crippen LogP) is 5.72. The number of rotatable bonds is 9. The fourth-order valence-electron chi connectivity index (χ4n) is 9.72. The molecule has 1 fully saturated rings. The van der Waals surface area contributed by atoms with E-state index in [0.717, 1.165) is 72.9 Å². The lowest BCUT2D eigenvalue weighted by Gasteiger charge is -2.35. The van der Waals surface area contributed by atoms with Crippen molar-refractivity contribution in [3.05, 3.63) is 82.0 Å². The number of phenolic OH excluding ortho intramolecular Hbond substituents is 1. The molecule has 9 N–H and O–H groups in total. The van der Waals surface area contributed by atoms with Gasteiger partial charge in [-0.1, -0.05) is 70.9 Å². The first-order valence-corrected chi connectivity index (χ1v) is 23.5. The van der Waals surface area contributed by atoms with Crippen LogP contribution in [0.25, 0.3) is 0 Å². The summed E-state index contributed by atoms with van der Waals surface area (Å²) in [6.45, 7) is 2.74. The molecule has 0 amide bonds. The van der Waals surface area contributed by atoms with Crippen LogP contribution in [-0.2, 0) is 17.6 Å². The van der Waals surface area contributed by atoms with Crippen LogP contribution in [0.3, 0.4) is 0 Å². The van der Waals surface area contributed by atoms with Crippen molar-refractivity contribution in [3.8, 4) is 23.3 Å². The van der Waals surface area contributed by atoms with Crippen LogP contribution < -0.4 is 15.8 Å². The number of nitrogens with one attached hydrogen (secondary N) is 2. The SMILES string of the molecule is CC[C@H]1C#C[C@H]2C=C3CCc4cc(O)c(O[C@@H]5C[C@H](Cc6ccc[nH]6)C6=CCNC(N)=C6CSSC[C@H](CO)[C@H]5O)cc4[C@@H]3C[C@@H](O)[C@H]2[C@@H](OCCO)CCCC1. The van der Waals surface area contributed by atoms with E-state index in [4.69, 9.17) is 15.2 Å². The van der Waals surface area contributed by atoms with Gasteiger partial charge in [0.25, 0.3) is 0 Å². The number of nitrogens with two attached hydrogens (primary N) is 1. The number of aromatic nitrogens is 1. The number of aliphatic hydroxyl groups is 4. The second-order valence-electron chi connectivity index (χ2n) is 16.4. The van der Waals surface area contributed by atoms with Crippen LogP contribution in [0.1, 0.15) is 81.0 Å². The van der Waals surface area contributed by atoms with Crippen LogP contribution in [0.15, 0.2) is 65.2 Å². The molecule has 0 spiro atoms. The molecule has 57 heavy (non-hydrogen) atoms. The number of H-pyrrole nitrogens is 1. The Morgan fingerprint density at radius 2 is 1.89 bits per heavy atom. The van der Waals surface area contributed by atoms with E-state index in [2.05, 4.69) is 47.3 Å². The Balaban J connectivity index is 1.24. The molecule has 310 valence electrons. The summed E-state index contributed by atoms with van der Waals surface area (Å²) in [6, 6.07) is 7.78. The van der Waals surface area contributed by atoms with Gasteiger partial charge in [-0.3, -0.25) is 0 Å². The highest BCUT2D eigenvalue weighted by Crippen LogP contribution is 2.48. The standard InChI is InChI=1S/C45H61N3O7S2/c1-2-27-6-3-4-8-40(54-17-16-49)43-30(10-9-27)18-28-11-12-29-20-38(51)41(23-36(29)35(28)22-39(43)52)55-42-21-31(19-33-7-5-14-47-33)34-13-15-48-45(46)37(34)26-57-56-25-32(24-50)44(42)53/h5,7,13-14,18,20,23,27,30-32,35,39-40,42-44,47-53H,2-4,6,8,11-12,15-17,19,21-22,24-26,46H2,1H3/t27-,30+,31+,32+,35-,39-,40+,42-,43+,44-/m1/s1. The molecule has 3 aliphatic carbocycles. The monoisotopic (exact) mass is 819 g/mol. The maximum absolute atomic E-state index is 12.2. The van der Waals surface area contributed by atoms with Crippen molar-refractivity contribution in [1.29, 1.82) is 0 Å². The lowest BCUT2D eigenvalue weighted by Crippen LogP contribution is -2.42. The van der Waals surface area contributed by atoms with Crippen LogP contribution in [0.5, 0.6) is 11.5 Å². The average molecular weight is 820 g/mol. The molecule has 7 rings (SSSR count). The number of benzene rings is 1. The van der Waals surface area contributed by atoms with E-state index in [1.165, 1.54) is 5.57 Å². The normalized spacial score (nSPS) is 32.2. The number of aryl methyl sites for hydroxylation is 1. The number of aromatic hydroxyl groups is 1. The molecule has 0 radical (unpaired) electrons. The number of allylic oxidation sites excluding steroid dienone is 3. The first-order chi connectivity index (χ1) is 27.8. The Hall–Kier alpha value is -3.02. The highest BCUT2D eigenvalue weighted by atomic mass is 33.1. The fraction of sp³-hybridized carbons (Fsp3) is 0.600. The van der Waals surface area contributed by atoms with Crippen LogP contribution in [-0.4, -0.2) is 92.8 Å². The largest absolute Gasteiger partial charge is 0.504 e. The summed E-state index contributed by atoms with van der Waals surface area (Å²) < 4.78 is 13.1. The summed E-state index contributed by atoms with van der Waals surface area (Å²) in [6.07, 6.45) is 11.7. The molecule has 2 aromatic rings. The van der Waals surface area contributed by atoms with Crippen LogP contribution in [0.4, 0.5) is 0 Å². The summed E-state index contributed by atoms with van der Waals surface area (Å²) in [5, 5.41) is 59.4. The van der Waals surface area contributed by atoms with E-state index in [1.807, 2.05) is 18.3 Å². The van der Waals surface area contributed by atoms with Crippen molar-refractivity contribution in [1.82, 2.24) is 10.3 Å². The highest BCUT2D eigenvalue weighted by Gasteiger charge is 2.42. The van der Waals surface area contributed by atoms with Crippen molar-refractivity contribution < 1.29 is 35.0 Å². The number of hydrogen-bond acceptors (Lipinski definition) is 11. The van der Waals surface area contributed by atoms with E-state index < -0.39 is 24.2 Å². The molecule has 5 aliphatic rings. The molecular weight excluding hydrogens is 759 g/mol. The van der Waals surface area contributed by atoms with Crippen LogP contribution in [0, 0.1) is 41.4 Å². The minimum atomic E-state index is -1.02. The predicted molar refractivity (Wildman–Crippen MR) is 228 cm³/mol. The van der Waals surface area contributed by atoms with Gasteiger partial charge in [-0.05, 0) is 98.2 Å². The Bertz CT molecular complexity index is 1820. The molecule has 2 aliphatic heterocycles. The minimum Gasteiger partial charge on any atom is -0.504 e. The smallest absolute Gasteiger partial charge is 0.161 e. The first kappa shape index (κ1) is 42.1. The lowest BCUT2D eigenvalue weighted by molar-refractivity contribution is -0.0602. The number of hydrogen-bond donors (Lipinski definition) is 8. The molecule has 3 heterocycles. The van der Waals surface area contributed by atoms with E-state index >= 15 is 0 Å². The molecule has 12 heteroatoms. The van der Waals surface area contributed by atoms with Crippen molar-refractivity contribution in [2.75, 3.05) is 37.9 Å². The summed E-state index contributed by atoms with van der Waals surface area (Å²) >= 11 is 0. The van der Waals surface area contributed by atoms with E-state index in [0.29, 0.717) is 49.1 Å². The number of aromatic amines is 1. The molecule has 10 nitrogen and oxygen atoms in total. The third-order valence-electron chi connectivity index (χ3n) is 12.9. The van der Waals surface area contributed by atoms with Gasteiger partial charge < -0.3 is 51.0 Å². The second-order valence-corrected chi connectivity index (χ2v) is 18.9. The molecule has 10 atom stereocenters. The van der Waals surface area contributed by atoms with E-state index in [1.54, 1.807) is 27.7 Å². The van der Waals surface area contributed by atoms with Crippen molar-refractivity contribution in [3.63, 3.8) is 0 Å². The van der Waals surface area contributed by atoms with Gasteiger partial charge in [-0.25, -0.2) is 0 Å². The van der Waals surface area contributed by atoms with Crippen molar-refractivity contribution in [2.45, 2.75) is 101 Å². The average Bonchev–Trinajstić information content (AvgIpc) is 3.67. The molecule has 1 aromatic carbocycles. The Morgan fingerprint density at radius 1 is 1.04 bits per heavy atom. The van der Waals surface area contributed by atoms with Gasteiger partial charge >= 0.3 is 0 Å². The Kier molecular flexibility index (Phi) is 14.6. The molecule has 0 bridgehead atoms. The Labute approximate surface area is 345 Å². The summed E-state index contributed by atoms with van der Waals surface area (Å²) in [7, 11) is 3.27. The number of ether oxygens (including phenoxy) is 2. The molecule has 1 saturated heterocycles. The zero-order valence-electron chi connectivity index (χ0n) is 33.1. The molecular formula is C45H61N3O7S2. The first-order valence-electron chi connectivity index (χ1n) is 21.0. The number of dihydropyridines is 1. The molecule has 0 unspecified atom stereocenters. The third-order valence-corrected chi connectivity index (χ3v) is 15.3. The lowest BCUT2D eigenvalue weighted by atomic mass is 9.76. The number of phenols is 1. The van der Waals surface area contributed by atoms with Gasteiger partial charge in [0.15, 0.2) is 11.5 Å². The minimum absolute atomic E-state index is 0.0114. The van der Waals surface area contributed by atoms with Gasteiger partial charge in [-0.15, -0.1) is 0 Å². The Morgan fingerprint density at radius 3 is 2.68 bits per heavy atom. The highest BCUT2D eigenvalue weighted by molar-refractivity contribution is 8.76. The summed E-state index contributed by atoms with van der Waals surface area (Å²) in [4.78, 5) is 3.35. The van der Waals surface area contributed by atoms with E-state index in [-0.39, 0.29) is 61.1 Å². The summed E-state index contributed by atoms with van der Waals surface area (Å²) in [5.74, 6) is 8.61. The zero-order chi connectivity index (χ0) is 39.9. The van der Waals surface area contributed by atoms with Gasteiger partial charge in [0, 0.05) is 71.7 Å². The third kappa shape index (κ3) is 9.89.